The molecule has 2 atom stereocenters. The first-order valence-electron chi connectivity index (χ1n) is 7.65. The highest BCUT2D eigenvalue weighted by Crippen LogP contribution is 2.36. The Labute approximate surface area is 126 Å². The van der Waals surface area contributed by atoms with Crippen molar-refractivity contribution in [2.45, 2.75) is 25.2 Å². The minimum atomic E-state index is 0.146. The third kappa shape index (κ3) is 3.30. The van der Waals surface area contributed by atoms with E-state index in [1.54, 1.807) is 0 Å². The fraction of sp³-hybridized carbons (Fsp3) is 0.250. The van der Waals surface area contributed by atoms with Gasteiger partial charge in [0.1, 0.15) is 5.78 Å². The molecule has 0 bridgehead atoms. The van der Waals surface area contributed by atoms with Crippen LogP contribution in [0.3, 0.4) is 0 Å². The van der Waals surface area contributed by atoms with E-state index in [1.807, 2.05) is 24.3 Å². The van der Waals surface area contributed by atoms with E-state index in [2.05, 4.69) is 48.6 Å². The molecule has 1 aliphatic carbocycles. The molecule has 0 radical (unpaired) electrons. The first-order valence-corrected chi connectivity index (χ1v) is 7.65. The van der Waals surface area contributed by atoms with Crippen LogP contribution < -0.4 is 0 Å². The number of Topliss-reactive ketones (excluding diaryl/α,β-unsaturated/α-hetero) is 1. The average molecular weight is 276 g/mol. The van der Waals surface area contributed by atoms with Crippen LogP contribution in [0.25, 0.3) is 6.08 Å². The topological polar surface area (TPSA) is 17.1 Å². The number of hydrogen-bond acceptors (Lipinski definition) is 1. The van der Waals surface area contributed by atoms with Crippen molar-refractivity contribution in [1.29, 1.82) is 0 Å². The number of benzene rings is 2. The van der Waals surface area contributed by atoms with Gasteiger partial charge in [0.25, 0.3) is 0 Å². The predicted molar refractivity (Wildman–Crippen MR) is 87.0 cm³/mol. The molecule has 2 aromatic carbocycles. The first kappa shape index (κ1) is 13.8. The van der Waals surface area contributed by atoms with Gasteiger partial charge in [-0.05, 0) is 24.0 Å². The molecule has 0 aliphatic heterocycles. The lowest BCUT2D eigenvalue weighted by Gasteiger charge is -2.19. The van der Waals surface area contributed by atoms with Gasteiger partial charge in [0, 0.05) is 18.3 Å². The van der Waals surface area contributed by atoms with Crippen LogP contribution in [-0.2, 0) is 4.79 Å². The number of allylic oxidation sites excluding steroid dienone is 1. The van der Waals surface area contributed by atoms with E-state index in [1.165, 1.54) is 11.1 Å². The standard InChI is InChI=1S/C20H20O/c21-20-13-7-12-19(20)18(17-10-5-2-6-11-17)15-14-16-8-3-1-4-9-16/h1-6,8-11,14-15,18-19H,7,12-13H2/b15-14+/t18-,19-/m1/s1. The second-order valence-corrected chi connectivity index (χ2v) is 5.67. The Morgan fingerprint density at radius 1 is 0.952 bits per heavy atom. The molecule has 0 unspecified atom stereocenters. The number of hydrogen-bond donors (Lipinski definition) is 0. The minimum Gasteiger partial charge on any atom is -0.299 e. The van der Waals surface area contributed by atoms with Gasteiger partial charge in [-0.25, -0.2) is 0 Å². The molecule has 3 rings (SSSR count). The summed E-state index contributed by atoms with van der Waals surface area (Å²) in [6, 6.07) is 20.7. The Hall–Kier alpha value is -2.15. The van der Waals surface area contributed by atoms with Crippen LogP contribution in [0.2, 0.25) is 0 Å². The van der Waals surface area contributed by atoms with Crippen LogP contribution in [0.1, 0.15) is 36.3 Å². The summed E-state index contributed by atoms with van der Waals surface area (Å²) in [5, 5.41) is 0. The molecule has 1 nitrogen and oxygen atoms in total. The van der Waals surface area contributed by atoms with Gasteiger partial charge in [0.15, 0.2) is 0 Å². The number of carbonyl (C=O) groups is 1. The van der Waals surface area contributed by atoms with Crippen LogP contribution >= 0.6 is 0 Å². The molecule has 0 saturated heterocycles. The number of ketones is 1. The molecule has 0 amide bonds. The van der Waals surface area contributed by atoms with Crippen LogP contribution in [0.15, 0.2) is 66.7 Å². The quantitative estimate of drug-likeness (QED) is 0.780. The molecular weight excluding hydrogens is 256 g/mol. The smallest absolute Gasteiger partial charge is 0.136 e. The lowest BCUT2D eigenvalue weighted by molar-refractivity contribution is -0.120. The lowest BCUT2D eigenvalue weighted by atomic mass is 9.83. The van der Waals surface area contributed by atoms with Crippen molar-refractivity contribution in [3.05, 3.63) is 77.9 Å². The van der Waals surface area contributed by atoms with Crippen molar-refractivity contribution in [2.75, 3.05) is 0 Å². The van der Waals surface area contributed by atoms with Gasteiger partial charge in [-0.2, -0.15) is 0 Å². The maximum absolute atomic E-state index is 12.2. The van der Waals surface area contributed by atoms with Crippen molar-refractivity contribution in [1.82, 2.24) is 0 Å². The summed E-state index contributed by atoms with van der Waals surface area (Å²) in [7, 11) is 0. The maximum atomic E-state index is 12.2. The average Bonchev–Trinajstić information content (AvgIpc) is 2.96. The summed E-state index contributed by atoms with van der Waals surface area (Å²) in [6.07, 6.45) is 7.14. The van der Waals surface area contributed by atoms with Crippen LogP contribution in [0.4, 0.5) is 0 Å². The van der Waals surface area contributed by atoms with Gasteiger partial charge in [-0.3, -0.25) is 4.79 Å². The minimum absolute atomic E-state index is 0.146. The summed E-state index contributed by atoms with van der Waals surface area (Å²) >= 11 is 0. The molecule has 106 valence electrons. The van der Waals surface area contributed by atoms with Crippen molar-refractivity contribution in [2.24, 2.45) is 5.92 Å². The fourth-order valence-electron chi connectivity index (χ4n) is 3.15. The third-order valence-electron chi connectivity index (χ3n) is 4.27. The maximum Gasteiger partial charge on any atom is 0.136 e. The van der Waals surface area contributed by atoms with E-state index in [4.69, 9.17) is 0 Å². The Morgan fingerprint density at radius 3 is 2.24 bits per heavy atom. The second kappa shape index (κ2) is 6.53. The van der Waals surface area contributed by atoms with E-state index < -0.39 is 0 Å². The summed E-state index contributed by atoms with van der Waals surface area (Å²) in [5.41, 5.74) is 2.42. The van der Waals surface area contributed by atoms with E-state index in [-0.39, 0.29) is 11.8 Å². The number of carbonyl (C=O) groups excluding carboxylic acids is 1. The molecule has 1 saturated carbocycles. The van der Waals surface area contributed by atoms with Gasteiger partial charge in [0.2, 0.25) is 0 Å². The van der Waals surface area contributed by atoms with Gasteiger partial charge < -0.3 is 0 Å². The zero-order valence-electron chi connectivity index (χ0n) is 12.1. The Kier molecular flexibility index (Phi) is 4.30. The predicted octanol–water partition coefficient (Wildman–Crippen LogP) is 4.85. The molecule has 0 spiro atoms. The highest BCUT2D eigenvalue weighted by molar-refractivity contribution is 5.84. The molecule has 1 heteroatoms. The molecule has 0 aromatic heterocycles. The van der Waals surface area contributed by atoms with E-state index >= 15 is 0 Å². The van der Waals surface area contributed by atoms with Crippen LogP contribution in [-0.4, -0.2) is 5.78 Å². The van der Waals surface area contributed by atoms with E-state index in [9.17, 15) is 4.79 Å². The Balaban J connectivity index is 1.89. The molecule has 0 heterocycles. The van der Waals surface area contributed by atoms with Crippen molar-refractivity contribution < 1.29 is 4.79 Å². The Bertz CT molecular complexity index is 613. The summed E-state index contributed by atoms with van der Waals surface area (Å²) in [5.74, 6) is 0.760. The highest BCUT2D eigenvalue weighted by atomic mass is 16.1. The number of rotatable bonds is 4. The SMILES string of the molecule is O=C1CCC[C@@H]1[C@H](/C=C/c1ccccc1)c1ccccc1. The summed E-state index contributed by atoms with van der Waals surface area (Å²) < 4.78 is 0. The van der Waals surface area contributed by atoms with Gasteiger partial charge >= 0.3 is 0 Å². The molecular formula is C20H20O. The van der Waals surface area contributed by atoms with Crippen molar-refractivity contribution >= 4 is 11.9 Å². The van der Waals surface area contributed by atoms with E-state index in [0.717, 1.165) is 19.3 Å². The zero-order valence-corrected chi connectivity index (χ0v) is 12.1. The fourth-order valence-corrected chi connectivity index (χ4v) is 3.15. The van der Waals surface area contributed by atoms with Gasteiger partial charge in [0.05, 0.1) is 0 Å². The van der Waals surface area contributed by atoms with Gasteiger partial charge in [-0.15, -0.1) is 0 Å². The van der Waals surface area contributed by atoms with Gasteiger partial charge in [-0.1, -0.05) is 72.8 Å². The normalized spacial score (nSPS) is 20.0. The van der Waals surface area contributed by atoms with Crippen molar-refractivity contribution in [3.8, 4) is 0 Å². The van der Waals surface area contributed by atoms with Crippen molar-refractivity contribution in [3.63, 3.8) is 0 Å². The zero-order chi connectivity index (χ0) is 14.5. The molecule has 2 aromatic rings. The largest absolute Gasteiger partial charge is 0.299 e. The molecule has 1 aliphatic rings. The second-order valence-electron chi connectivity index (χ2n) is 5.67. The lowest BCUT2D eigenvalue weighted by Crippen LogP contribution is -2.15. The summed E-state index contributed by atoms with van der Waals surface area (Å²) in [6.45, 7) is 0. The molecule has 1 fully saturated rings. The summed E-state index contributed by atoms with van der Waals surface area (Å²) in [4.78, 5) is 12.2. The third-order valence-corrected chi connectivity index (χ3v) is 4.27. The highest BCUT2D eigenvalue weighted by Gasteiger charge is 2.31. The van der Waals surface area contributed by atoms with E-state index in [0.29, 0.717) is 5.78 Å². The molecule has 21 heavy (non-hydrogen) atoms. The Morgan fingerprint density at radius 2 is 1.62 bits per heavy atom. The van der Waals surface area contributed by atoms with Crippen LogP contribution in [0.5, 0.6) is 0 Å². The first-order chi connectivity index (χ1) is 10.3. The molecule has 0 N–H and O–H groups in total. The van der Waals surface area contributed by atoms with Crippen LogP contribution in [0, 0.1) is 5.92 Å². The monoisotopic (exact) mass is 276 g/mol.